The van der Waals surface area contributed by atoms with Crippen molar-refractivity contribution in [3.8, 4) is 5.88 Å². The lowest BCUT2D eigenvalue weighted by Crippen LogP contribution is -2.16. The summed E-state index contributed by atoms with van der Waals surface area (Å²) in [6, 6.07) is 9.94. The van der Waals surface area contributed by atoms with E-state index in [-0.39, 0.29) is 12.1 Å². The Morgan fingerprint density at radius 2 is 2.00 bits per heavy atom. The molecule has 5 nitrogen and oxygen atoms in total. The van der Waals surface area contributed by atoms with E-state index in [1.54, 1.807) is 6.07 Å². The number of nitrogens with two attached hydrogens (primary N) is 2. The van der Waals surface area contributed by atoms with Gasteiger partial charge in [0.05, 0.1) is 0 Å². The number of fused-ring (bicyclic) bond motifs is 1. The van der Waals surface area contributed by atoms with Gasteiger partial charge in [-0.25, -0.2) is 0 Å². The standard InChI is InChI=1S/C14H16N4O/c15-12-8-13(18-14(16)17-12)19-11-7-3-5-9-4-1-2-6-10(9)11/h1-2,4,6,8,11H,3,5,7H2,(H4,15,16,17,18). The average molecular weight is 256 g/mol. The van der Waals surface area contributed by atoms with Crippen molar-refractivity contribution in [3.05, 3.63) is 41.5 Å². The van der Waals surface area contributed by atoms with Gasteiger partial charge in [0.25, 0.3) is 0 Å². The summed E-state index contributed by atoms with van der Waals surface area (Å²) in [5.74, 6) is 0.900. The Balaban J connectivity index is 1.88. The fourth-order valence-corrected chi connectivity index (χ4v) is 2.50. The number of hydrogen-bond donors (Lipinski definition) is 2. The molecule has 0 aliphatic heterocycles. The Kier molecular flexibility index (Phi) is 2.95. The Hall–Kier alpha value is -2.30. The summed E-state index contributed by atoms with van der Waals surface area (Å²) < 4.78 is 5.93. The first-order valence-corrected chi connectivity index (χ1v) is 6.37. The van der Waals surface area contributed by atoms with Crippen LogP contribution in [0.4, 0.5) is 11.8 Å². The second kappa shape index (κ2) is 4.76. The quantitative estimate of drug-likeness (QED) is 0.859. The normalized spacial score (nSPS) is 17.8. The van der Waals surface area contributed by atoms with E-state index in [2.05, 4.69) is 28.2 Å². The summed E-state index contributed by atoms with van der Waals surface area (Å²) in [6.07, 6.45) is 3.20. The molecule has 1 aromatic carbocycles. The molecular formula is C14H16N4O. The van der Waals surface area contributed by atoms with Crippen molar-refractivity contribution in [3.63, 3.8) is 0 Å². The number of nitrogen functional groups attached to an aromatic ring is 2. The molecule has 1 unspecified atom stereocenters. The zero-order valence-corrected chi connectivity index (χ0v) is 10.5. The van der Waals surface area contributed by atoms with Gasteiger partial charge in [0.15, 0.2) is 0 Å². The molecule has 0 radical (unpaired) electrons. The van der Waals surface area contributed by atoms with Gasteiger partial charge in [-0.05, 0) is 30.4 Å². The molecule has 5 heteroatoms. The van der Waals surface area contributed by atoms with E-state index in [9.17, 15) is 0 Å². The smallest absolute Gasteiger partial charge is 0.225 e. The van der Waals surface area contributed by atoms with Crippen LogP contribution in [0.25, 0.3) is 0 Å². The highest BCUT2D eigenvalue weighted by Gasteiger charge is 2.21. The van der Waals surface area contributed by atoms with Crippen molar-refractivity contribution >= 4 is 11.8 Å². The van der Waals surface area contributed by atoms with E-state index in [4.69, 9.17) is 16.2 Å². The Morgan fingerprint density at radius 3 is 2.84 bits per heavy atom. The monoisotopic (exact) mass is 256 g/mol. The van der Waals surface area contributed by atoms with Gasteiger partial charge in [-0.3, -0.25) is 0 Å². The first-order chi connectivity index (χ1) is 9.22. The zero-order valence-electron chi connectivity index (χ0n) is 10.5. The number of anilines is 2. The summed E-state index contributed by atoms with van der Waals surface area (Å²) in [4.78, 5) is 7.90. The lowest BCUT2D eigenvalue weighted by molar-refractivity contribution is 0.176. The minimum atomic E-state index is 0.0126. The second-order valence-electron chi connectivity index (χ2n) is 4.69. The maximum Gasteiger partial charge on any atom is 0.225 e. The maximum absolute atomic E-state index is 5.93. The Bertz CT molecular complexity index is 579. The number of nitrogens with zero attached hydrogens (tertiary/aromatic N) is 2. The number of hydrogen-bond acceptors (Lipinski definition) is 5. The van der Waals surface area contributed by atoms with Crippen molar-refractivity contribution in [2.45, 2.75) is 25.4 Å². The van der Waals surface area contributed by atoms with Crippen LogP contribution in [0.2, 0.25) is 0 Å². The molecular weight excluding hydrogens is 240 g/mol. The van der Waals surface area contributed by atoms with E-state index < -0.39 is 0 Å². The van der Waals surface area contributed by atoms with Gasteiger partial charge < -0.3 is 16.2 Å². The number of rotatable bonds is 2. The minimum Gasteiger partial charge on any atom is -0.469 e. The third kappa shape index (κ3) is 2.45. The highest BCUT2D eigenvalue weighted by atomic mass is 16.5. The van der Waals surface area contributed by atoms with E-state index in [1.807, 2.05) is 6.07 Å². The molecule has 4 N–H and O–H groups in total. The molecule has 0 amide bonds. The molecule has 3 rings (SSSR count). The number of benzene rings is 1. The predicted molar refractivity (Wildman–Crippen MR) is 73.6 cm³/mol. The van der Waals surface area contributed by atoms with Gasteiger partial charge in [-0.1, -0.05) is 24.3 Å². The van der Waals surface area contributed by atoms with Crippen LogP contribution in [0.15, 0.2) is 30.3 Å². The minimum absolute atomic E-state index is 0.0126. The molecule has 0 bridgehead atoms. The Labute approximate surface area is 111 Å². The highest BCUT2D eigenvalue weighted by Crippen LogP contribution is 2.33. The molecule has 0 saturated heterocycles. The van der Waals surface area contributed by atoms with Gasteiger partial charge in [0, 0.05) is 6.07 Å². The second-order valence-corrected chi connectivity index (χ2v) is 4.69. The van der Waals surface area contributed by atoms with Crippen LogP contribution in [-0.4, -0.2) is 9.97 Å². The van der Waals surface area contributed by atoms with E-state index >= 15 is 0 Å². The molecule has 1 heterocycles. The molecule has 1 atom stereocenters. The number of ether oxygens (including phenoxy) is 1. The van der Waals surface area contributed by atoms with Gasteiger partial charge in [0.2, 0.25) is 11.8 Å². The van der Waals surface area contributed by atoms with Crippen molar-refractivity contribution in [2.75, 3.05) is 11.5 Å². The molecule has 0 saturated carbocycles. The topological polar surface area (TPSA) is 87.0 Å². The molecule has 98 valence electrons. The summed E-state index contributed by atoms with van der Waals surface area (Å²) in [6.45, 7) is 0. The van der Waals surface area contributed by atoms with Crippen LogP contribution < -0.4 is 16.2 Å². The van der Waals surface area contributed by atoms with Crippen molar-refractivity contribution in [1.29, 1.82) is 0 Å². The molecule has 1 aliphatic carbocycles. The molecule has 0 spiro atoms. The third-order valence-corrected chi connectivity index (χ3v) is 3.32. The van der Waals surface area contributed by atoms with Gasteiger partial charge in [-0.15, -0.1) is 0 Å². The highest BCUT2D eigenvalue weighted by molar-refractivity contribution is 5.39. The molecule has 2 aromatic rings. The lowest BCUT2D eigenvalue weighted by Gasteiger charge is -2.25. The summed E-state index contributed by atoms with van der Waals surface area (Å²) in [5.41, 5.74) is 13.8. The van der Waals surface area contributed by atoms with Crippen molar-refractivity contribution < 1.29 is 4.74 Å². The fourth-order valence-electron chi connectivity index (χ4n) is 2.50. The largest absolute Gasteiger partial charge is 0.469 e. The molecule has 0 fully saturated rings. The number of aryl methyl sites for hydroxylation is 1. The zero-order chi connectivity index (χ0) is 13.2. The first kappa shape index (κ1) is 11.8. The van der Waals surface area contributed by atoms with Crippen LogP contribution in [0.5, 0.6) is 5.88 Å². The van der Waals surface area contributed by atoms with Gasteiger partial charge in [-0.2, -0.15) is 9.97 Å². The average Bonchev–Trinajstić information content (AvgIpc) is 2.38. The summed E-state index contributed by atoms with van der Waals surface area (Å²) in [7, 11) is 0. The van der Waals surface area contributed by atoms with Crippen LogP contribution in [0, 0.1) is 0 Å². The van der Waals surface area contributed by atoms with Crippen molar-refractivity contribution in [1.82, 2.24) is 9.97 Å². The first-order valence-electron chi connectivity index (χ1n) is 6.37. The van der Waals surface area contributed by atoms with Crippen molar-refractivity contribution in [2.24, 2.45) is 0 Å². The third-order valence-electron chi connectivity index (χ3n) is 3.32. The SMILES string of the molecule is Nc1cc(OC2CCCc3ccccc32)nc(N)n1. The van der Waals surface area contributed by atoms with E-state index in [0.717, 1.165) is 19.3 Å². The molecule has 1 aliphatic rings. The summed E-state index contributed by atoms with van der Waals surface area (Å²) in [5, 5.41) is 0. The van der Waals surface area contributed by atoms with Gasteiger partial charge in [0.1, 0.15) is 11.9 Å². The van der Waals surface area contributed by atoms with Crippen LogP contribution in [0.1, 0.15) is 30.1 Å². The predicted octanol–water partition coefficient (Wildman–Crippen LogP) is 2.10. The Morgan fingerprint density at radius 1 is 1.16 bits per heavy atom. The van der Waals surface area contributed by atoms with Crippen LogP contribution >= 0.6 is 0 Å². The van der Waals surface area contributed by atoms with Gasteiger partial charge >= 0.3 is 0 Å². The molecule has 19 heavy (non-hydrogen) atoms. The fraction of sp³-hybridized carbons (Fsp3) is 0.286. The van der Waals surface area contributed by atoms with E-state index in [1.165, 1.54) is 11.1 Å². The maximum atomic E-state index is 5.93. The van der Waals surface area contributed by atoms with Crippen LogP contribution in [-0.2, 0) is 6.42 Å². The van der Waals surface area contributed by atoms with Crippen LogP contribution in [0.3, 0.4) is 0 Å². The summed E-state index contributed by atoms with van der Waals surface area (Å²) >= 11 is 0. The molecule has 1 aromatic heterocycles. The lowest BCUT2D eigenvalue weighted by atomic mass is 9.89. The number of aromatic nitrogens is 2. The van der Waals surface area contributed by atoms with E-state index in [0.29, 0.717) is 11.7 Å².